The molecule has 0 aromatic heterocycles. The second-order valence-corrected chi connectivity index (χ2v) is 4.54. The van der Waals surface area contributed by atoms with E-state index < -0.39 is 0 Å². The van der Waals surface area contributed by atoms with Crippen molar-refractivity contribution in [2.24, 2.45) is 5.73 Å². The summed E-state index contributed by atoms with van der Waals surface area (Å²) in [5.74, 6) is 0.588. The number of para-hydroxylation sites is 1. The van der Waals surface area contributed by atoms with Gasteiger partial charge in [0, 0.05) is 18.0 Å². The lowest BCUT2D eigenvalue weighted by Crippen LogP contribution is -2.24. The molecule has 0 amide bonds. The van der Waals surface area contributed by atoms with Gasteiger partial charge in [-0.15, -0.1) is 0 Å². The minimum absolute atomic E-state index is 0.0370. The molecule has 3 rings (SSSR count). The molecule has 0 spiro atoms. The third-order valence-corrected chi connectivity index (χ3v) is 3.30. The fourth-order valence-electron chi connectivity index (χ4n) is 2.33. The van der Waals surface area contributed by atoms with E-state index in [9.17, 15) is 4.39 Å². The van der Waals surface area contributed by atoms with Gasteiger partial charge in [0.1, 0.15) is 17.7 Å². The molecule has 1 aliphatic rings. The molecule has 2 aromatic carbocycles. The van der Waals surface area contributed by atoms with Gasteiger partial charge >= 0.3 is 0 Å². The van der Waals surface area contributed by atoms with E-state index in [0.29, 0.717) is 6.42 Å². The standard InChI is InChI=1S/C15H14FNO/c16-11-7-5-10(6-8-11)15-9-13(17)12-3-1-2-4-14(12)18-15/h1-8,13,15H,9,17H2/t13-,15-/m0/s1. The van der Waals surface area contributed by atoms with E-state index in [-0.39, 0.29) is 18.0 Å². The Balaban J connectivity index is 1.92. The van der Waals surface area contributed by atoms with Crippen LogP contribution in [0.25, 0.3) is 0 Å². The van der Waals surface area contributed by atoms with Crippen LogP contribution in [0.4, 0.5) is 4.39 Å². The molecule has 2 N–H and O–H groups in total. The van der Waals surface area contributed by atoms with Gasteiger partial charge in [-0.1, -0.05) is 30.3 Å². The molecule has 1 aliphatic heterocycles. The van der Waals surface area contributed by atoms with Crippen molar-refractivity contribution < 1.29 is 9.13 Å². The zero-order valence-electron chi connectivity index (χ0n) is 9.84. The Bertz CT molecular complexity index is 553. The molecule has 3 heteroatoms. The number of hydrogen-bond acceptors (Lipinski definition) is 2. The van der Waals surface area contributed by atoms with Gasteiger partial charge < -0.3 is 10.5 Å². The van der Waals surface area contributed by atoms with Gasteiger partial charge in [0.15, 0.2) is 0 Å². The van der Waals surface area contributed by atoms with E-state index in [1.165, 1.54) is 12.1 Å². The van der Waals surface area contributed by atoms with Crippen LogP contribution < -0.4 is 10.5 Å². The van der Waals surface area contributed by atoms with Crippen molar-refractivity contribution >= 4 is 0 Å². The number of ether oxygens (including phenoxy) is 1. The van der Waals surface area contributed by atoms with Crippen LogP contribution >= 0.6 is 0 Å². The SMILES string of the molecule is N[C@H]1C[C@@H](c2ccc(F)cc2)Oc2ccccc21. The first-order valence-electron chi connectivity index (χ1n) is 6.00. The van der Waals surface area contributed by atoms with Gasteiger partial charge in [0.25, 0.3) is 0 Å². The van der Waals surface area contributed by atoms with Crippen LogP contribution in [0.3, 0.4) is 0 Å². The Hall–Kier alpha value is -1.87. The van der Waals surface area contributed by atoms with E-state index in [1.807, 2.05) is 24.3 Å². The van der Waals surface area contributed by atoms with E-state index in [1.54, 1.807) is 12.1 Å². The van der Waals surface area contributed by atoms with E-state index in [0.717, 1.165) is 16.9 Å². The Morgan fingerprint density at radius 1 is 1.06 bits per heavy atom. The third-order valence-electron chi connectivity index (χ3n) is 3.30. The Morgan fingerprint density at radius 2 is 1.78 bits per heavy atom. The zero-order chi connectivity index (χ0) is 12.5. The van der Waals surface area contributed by atoms with Gasteiger partial charge in [0.2, 0.25) is 0 Å². The molecule has 0 aliphatic carbocycles. The largest absolute Gasteiger partial charge is 0.485 e. The molecule has 0 saturated carbocycles. The number of halogens is 1. The van der Waals surface area contributed by atoms with Gasteiger partial charge in [-0.05, 0) is 23.8 Å². The average molecular weight is 243 g/mol. The van der Waals surface area contributed by atoms with Crippen molar-refractivity contribution in [3.63, 3.8) is 0 Å². The van der Waals surface area contributed by atoms with Crippen molar-refractivity contribution in [3.8, 4) is 5.75 Å². The van der Waals surface area contributed by atoms with Gasteiger partial charge in [-0.25, -0.2) is 4.39 Å². The molecule has 0 fully saturated rings. The highest BCUT2D eigenvalue weighted by atomic mass is 19.1. The summed E-state index contributed by atoms with van der Waals surface area (Å²) in [6.45, 7) is 0. The highest BCUT2D eigenvalue weighted by Crippen LogP contribution is 2.39. The van der Waals surface area contributed by atoms with Gasteiger partial charge in [-0.2, -0.15) is 0 Å². The van der Waals surface area contributed by atoms with E-state index in [2.05, 4.69) is 0 Å². The summed E-state index contributed by atoms with van der Waals surface area (Å²) >= 11 is 0. The van der Waals surface area contributed by atoms with Crippen molar-refractivity contribution in [1.82, 2.24) is 0 Å². The molecule has 2 nitrogen and oxygen atoms in total. The van der Waals surface area contributed by atoms with Crippen molar-refractivity contribution in [2.45, 2.75) is 18.6 Å². The summed E-state index contributed by atoms with van der Waals surface area (Å²) < 4.78 is 18.8. The van der Waals surface area contributed by atoms with Crippen LogP contribution in [-0.2, 0) is 0 Å². The summed E-state index contributed by atoms with van der Waals surface area (Å²) in [5, 5.41) is 0. The smallest absolute Gasteiger partial charge is 0.126 e. The van der Waals surface area contributed by atoms with Crippen LogP contribution in [-0.4, -0.2) is 0 Å². The molecule has 0 bridgehead atoms. The Labute approximate surface area is 105 Å². The molecular weight excluding hydrogens is 229 g/mol. The first-order valence-corrected chi connectivity index (χ1v) is 6.00. The normalized spacial score (nSPS) is 22.1. The second-order valence-electron chi connectivity index (χ2n) is 4.54. The molecule has 0 radical (unpaired) electrons. The van der Waals surface area contributed by atoms with Crippen LogP contribution in [0.1, 0.15) is 29.7 Å². The molecule has 18 heavy (non-hydrogen) atoms. The van der Waals surface area contributed by atoms with Crippen LogP contribution in [0.15, 0.2) is 48.5 Å². The molecule has 2 aromatic rings. The minimum atomic E-state index is -0.237. The first-order chi connectivity index (χ1) is 8.74. The highest BCUT2D eigenvalue weighted by Gasteiger charge is 2.26. The highest BCUT2D eigenvalue weighted by molar-refractivity contribution is 5.39. The predicted octanol–water partition coefficient (Wildman–Crippen LogP) is 3.35. The number of nitrogens with two attached hydrogens (primary N) is 1. The molecule has 0 unspecified atom stereocenters. The topological polar surface area (TPSA) is 35.2 Å². The monoisotopic (exact) mass is 243 g/mol. The number of rotatable bonds is 1. The molecule has 0 saturated heterocycles. The summed E-state index contributed by atoms with van der Waals surface area (Å²) in [6, 6.07) is 14.2. The quantitative estimate of drug-likeness (QED) is 0.833. The maximum atomic E-state index is 12.9. The van der Waals surface area contributed by atoms with Crippen molar-refractivity contribution in [1.29, 1.82) is 0 Å². The van der Waals surface area contributed by atoms with E-state index in [4.69, 9.17) is 10.5 Å². The molecule has 2 atom stereocenters. The molecule has 1 heterocycles. The maximum absolute atomic E-state index is 12.9. The summed E-state index contributed by atoms with van der Waals surface area (Å²) in [6.07, 6.45) is 0.610. The predicted molar refractivity (Wildman–Crippen MR) is 67.8 cm³/mol. The number of hydrogen-bond donors (Lipinski definition) is 1. The van der Waals surface area contributed by atoms with Crippen molar-refractivity contribution in [2.75, 3.05) is 0 Å². The minimum Gasteiger partial charge on any atom is -0.485 e. The van der Waals surface area contributed by atoms with Crippen molar-refractivity contribution in [3.05, 3.63) is 65.5 Å². The lowest BCUT2D eigenvalue weighted by Gasteiger charge is -2.30. The third kappa shape index (κ3) is 1.97. The number of fused-ring (bicyclic) bond motifs is 1. The lowest BCUT2D eigenvalue weighted by molar-refractivity contribution is 0.161. The Kier molecular flexibility index (Phi) is 2.76. The number of benzene rings is 2. The zero-order valence-corrected chi connectivity index (χ0v) is 9.84. The average Bonchev–Trinajstić information content (AvgIpc) is 2.39. The second kappa shape index (κ2) is 4.42. The molecular formula is C15H14FNO. The van der Waals surface area contributed by atoms with Crippen LogP contribution in [0.5, 0.6) is 5.75 Å². The summed E-state index contributed by atoms with van der Waals surface area (Å²) in [7, 11) is 0. The van der Waals surface area contributed by atoms with E-state index >= 15 is 0 Å². The fourth-order valence-corrected chi connectivity index (χ4v) is 2.33. The van der Waals surface area contributed by atoms with Crippen LogP contribution in [0.2, 0.25) is 0 Å². The fraction of sp³-hybridized carbons (Fsp3) is 0.200. The maximum Gasteiger partial charge on any atom is 0.126 e. The van der Waals surface area contributed by atoms with Crippen LogP contribution in [0, 0.1) is 5.82 Å². The molecule has 92 valence electrons. The Morgan fingerprint density at radius 3 is 2.56 bits per heavy atom. The van der Waals surface area contributed by atoms with Gasteiger partial charge in [0.05, 0.1) is 0 Å². The summed E-state index contributed by atoms with van der Waals surface area (Å²) in [5.41, 5.74) is 8.15. The van der Waals surface area contributed by atoms with Gasteiger partial charge in [-0.3, -0.25) is 0 Å². The lowest BCUT2D eigenvalue weighted by atomic mass is 9.94. The first kappa shape index (κ1) is 11.2. The summed E-state index contributed by atoms with van der Waals surface area (Å²) in [4.78, 5) is 0.